The fraction of sp³-hybridized carbons (Fsp3) is 0.562. The van der Waals surface area contributed by atoms with Crippen LogP contribution in [-0.4, -0.2) is 46.3 Å². The molecular weight excluding hydrogens is 326 g/mol. The van der Waals surface area contributed by atoms with Crippen molar-refractivity contribution in [2.24, 2.45) is 7.05 Å². The van der Waals surface area contributed by atoms with Crippen LogP contribution < -0.4 is 5.32 Å². The molecule has 0 aliphatic heterocycles. The van der Waals surface area contributed by atoms with Crippen molar-refractivity contribution in [3.63, 3.8) is 0 Å². The van der Waals surface area contributed by atoms with E-state index in [2.05, 4.69) is 15.4 Å². The number of rotatable bonds is 8. The van der Waals surface area contributed by atoms with E-state index in [1.807, 2.05) is 32.5 Å². The van der Waals surface area contributed by atoms with Gasteiger partial charge >= 0.3 is 0 Å². The van der Waals surface area contributed by atoms with Gasteiger partial charge in [0, 0.05) is 37.8 Å². The highest BCUT2D eigenvalue weighted by Crippen LogP contribution is 2.22. The first-order valence-electron chi connectivity index (χ1n) is 7.92. The summed E-state index contributed by atoms with van der Waals surface area (Å²) in [7, 11) is 5.39. The van der Waals surface area contributed by atoms with Crippen LogP contribution >= 0.6 is 11.3 Å². The van der Waals surface area contributed by atoms with Crippen LogP contribution in [0.1, 0.15) is 42.3 Å². The summed E-state index contributed by atoms with van der Waals surface area (Å²) >= 11 is 1.56. The number of aromatic nitrogens is 3. The molecule has 0 fully saturated rings. The lowest BCUT2D eigenvalue weighted by Gasteiger charge is -2.22. The lowest BCUT2D eigenvalue weighted by Crippen LogP contribution is -2.37. The molecule has 0 saturated carbocycles. The van der Waals surface area contributed by atoms with Gasteiger partial charge < -0.3 is 15.0 Å². The van der Waals surface area contributed by atoms with E-state index in [4.69, 9.17) is 4.74 Å². The molecule has 2 aromatic heterocycles. The SMILES string of the molecule is CCOC(C)c1nc(CN(C)C(=O)C(NC)c2cnn(C)c2)cs1. The molecule has 0 bridgehead atoms. The highest BCUT2D eigenvalue weighted by Gasteiger charge is 2.24. The van der Waals surface area contributed by atoms with Crippen molar-refractivity contribution in [3.8, 4) is 0 Å². The Morgan fingerprint density at radius 1 is 1.54 bits per heavy atom. The van der Waals surface area contributed by atoms with Crippen LogP contribution in [0.4, 0.5) is 0 Å². The molecule has 0 spiro atoms. The monoisotopic (exact) mass is 351 g/mol. The highest BCUT2D eigenvalue weighted by atomic mass is 32.1. The number of likely N-dealkylation sites (N-methyl/N-ethyl adjacent to an activating group) is 2. The molecule has 0 aliphatic carbocycles. The average Bonchev–Trinajstić information content (AvgIpc) is 3.17. The molecular formula is C16H25N5O2S. The third kappa shape index (κ3) is 4.40. The second-order valence-corrected chi connectivity index (χ2v) is 6.53. The summed E-state index contributed by atoms with van der Waals surface area (Å²) in [5.41, 5.74) is 1.72. The Bertz CT molecular complexity index is 669. The van der Waals surface area contributed by atoms with E-state index in [1.165, 1.54) is 0 Å². The topological polar surface area (TPSA) is 72.3 Å². The van der Waals surface area contributed by atoms with Gasteiger partial charge in [0.25, 0.3) is 0 Å². The maximum Gasteiger partial charge on any atom is 0.244 e. The zero-order valence-electron chi connectivity index (χ0n) is 14.8. The minimum atomic E-state index is -0.413. The van der Waals surface area contributed by atoms with Gasteiger partial charge in [-0.3, -0.25) is 9.48 Å². The quantitative estimate of drug-likeness (QED) is 0.786. The number of ether oxygens (including phenoxy) is 1. The van der Waals surface area contributed by atoms with E-state index in [0.717, 1.165) is 16.3 Å². The first kappa shape index (κ1) is 18.6. The Balaban J connectivity index is 2.03. The number of aryl methyl sites for hydroxylation is 1. The summed E-state index contributed by atoms with van der Waals surface area (Å²) < 4.78 is 7.25. The van der Waals surface area contributed by atoms with E-state index in [-0.39, 0.29) is 12.0 Å². The Hall–Kier alpha value is -1.77. The molecule has 1 amide bonds. The minimum absolute atomic E-state index is 0.0158. The molecule has 2 aromatic rings. The van der Waals surface area contributed by atoms with Gasteiger partial charge in [0.2, 0.25) is 5.91 Å². The third-order valence-electron chi connectivity index (χ3n) is 3.70. The van der Waals surface area contributed by atoms with E-state index in [1.54, 1.807) is 41.2 Å². The molecule has 2 unspecified atom stereocenters. The van der Waals surface area contributed by atoms with Gasteiger partial charge in [-0.1, -0.05) is 0 Å². The summed E-state index contributed by atoms with van der Waals surface area (Å²) in [6, 6.07) is -0.413. The van der Waals surface area contributed by atoms with Crippen molar-refractivity contribution >= 4 is 17.2 Å². The molecule has 2 rings (SSSR count). The summed E-state index contributed by atoms with van der Waals surface area (Å²) in [6.45, 7) is 5.07. The molecule has 0 saturated heterocycles. The van der Waals surface area contributed by atoms with Crippen LogP contribution in [0.5, 0.6) is 0 Å². The number of hydrogen-bond donors (Lipinski definition) is 1. The predicted molar refractivity (Wildman–Crippen MR) is 93.6 cm³/mol. The van der Waals surface area contributed by atoms with Crippen molar-refractivity contribution in [3.05, 3.63) is 34.0 Å². The van der Waals surface area contributed by atoms with Crippen LogP contribution in [0.15, 0.2) is 17.8 Å². The van der Waals surface area contributed by atoms with Gasteiger partial charge in [-0.15, -0.1) is 11.3 Å². The van der Waals surface area contributed by atoms with E-state index in [0.29, 0.717) is 13.2 Å². The van der Waals surface area contributed by atoms with Gasteiger partial charge in [-0.05, 0) is 20.9 Å². The Morgan fingerprint density at radius 2 is 2.29 bits per heavy atom. The molecule has 0 aliphatic rings. The molecule has 0 radical (unpaired) electrons. The van der Waals surface area contributed by atoms with Crippen LogP contribution in [0, 0.1) is 0 Å². The van der Waals surface area contributed by atoms with Crippen molar-refractivity contribution in [1.82, 2.24) is 25.0 Å². The zero-order valence-corrected chi connectivity index (χ0v) is 15.6. The second-order valence-electron chi connectivity index (χ2n) is 5.64. The van der Waals surface area contributed by atoms with Crippen LogP contribution in [0.25, 0.3) is 0 Å². The fourth-order valence-corrected chi connectivity index (χ4v) is 3.28. The van der Waals surface area contributed by atoms with Gasteiger partial charge in [-0.25, -0.2) is 4.98 Å². The molecule has 24 heavy (non-hydrogen) atoms. The van der Waals surface area contributed by atoms with Gasteiger partial charge in [0.05, 0.1) is 18.4 Å². The minimum Gasteiger partial charge on any atom is -0.372 e. The lowest BCUT2D eigenvalue weighted by molar-refractivity contribution is -0.132. The predicted octanol–water partition coefficient (Wildman–Crippen LogP) is 1.89. The van der Waals surface area contributed by atoms with Gasteiger partial charge in [-0.2, -0.15) is 5.10 Å². The van der Waals surface area contributed by atoms with Crippen LogP contribution in [0.2, 0.25) is 0 Å². The van der Waals surface area contributed by atoms with Gasteiger partial charge in [0.15, 0.2) is 0 Å². The van der Waals surface area contributed by atoms with E-state index < -0.39 is 6.04 Å². The van der Waals surface area contributed by atoms with E-state index in [9.17, 15) is 4.79 Å². The number of nitrogens with zero attached hydrogens (tertiary/aromatic N) is 4. The van der Waals surface area contributed by atoms with E-state index >= 15 is 0 Å². The number of carbonyl (C=O) groups excluding carboxylic acids is 1. The molecule has 1 N–H and O–H groups in total. The number of carbonyl (C=O) groups is 1. The Labute approximate surface area is 146 Å². The zero-order chi connectivity index (χ0) is 17.7. The molecule has 8 heteroatoms. The molecule has 2 heterocycles. The Kier molecular flexibility index (Phi) is 6.47. The first-order valence-corrected chi connectivity index (χ1v) is 8.80. The number of hydrogen-bond acceptors (Lipinski definition) is 6. The van der Waals surface area contributed by atoms with Crippen LogP contribution in [-0.2, 0) is 23.1 Å². The maximum atomic E-state index is 12.7. The van der Waals surface area contributed by atoms with Crippen molar-refractivity contribution < 1.29 is 9.53 Å². The average molecular weight is 351 g/mol. The number of nitrogens with one attached hydrogen (secondary N) is 1. The van der Waals surface area contributed by atoms with Crippen molar-refractivity contribution in [2.45, 2.75) is 32.5 Å². The third-order valence-corrected chi connectivity index (χ3v) is 4.76. The van der Waals surface area contributed by atoms with Crippen molar-refractivity contribution in [2.75, 3.05) is 20.7 Å². The second kappa shape index (κ2) is 8.36. The maximum absolute atomic E-state index is 12.7. The molecule has 7 nitrogen and oxygen atoms in total. The smallest absolute Gasteiger partial charge is 0.244 e. The lowest BCUT2D eigenvalue weighted by atomic mass is 10.1. The molecule has 2 atom stereocenters. The largest absolute Gasteiger partial charge is 0.372 e. The van der Waals surface area contributed by atoms with Crippen LogP contribution in [0.3, 0.4) is 0 Å². The summed E-state index contributed by atoms with van der Waals surface area (Å²) in [6.07, 6.45) is 3.53. The van der Waals surface area contributed by atoms with Gasteiger partial charge in [0.1, 0.15) is 17.2 Å². The normalized spacial score (nSPS) is 13.7. The highest BCUT2D eigenvalue weighted by molar-refractivity contribution is 7.09. The fourth-order valence-electron chi connectivity index (χ4n) is 2.47. The summed E-state index contributed by atoms with van der Waals surface area (Å²) in [5, 5.41) is 10.1. The summed E-state index contributed by atoms with van der Waals surface area (Å²) in [4.78, 5) is 19.0. The first-order chi connectivity index (χ1) is 11.5. The standard InChI is InChI=1S/C16H25N5O2S/c1-6-23-11(2)15-19-13(10-24-15)9-20(4)16(22)14(17-3)12-7-18-21(5)8-12/h7-8,10-11,14,17H,6,9H2,1-5H3. The number of thiazole rings is 1. The number of amides is 1. The Morgan fingerprint density at radius 3 is 2.88 bits per heavy atom. The molecule has 0 aromatic carbocycles. The summed E-state index contributed by atoms with van der Waals surface area (Å²) in [5.74, 6) is -0.0158. The molecule has 132 valence electrons. The van der Waals surface area contributed by atoms with Crippen molar-refractivity contribution in [1.29, 1.82) is 0 Å².